The number of hydrogen-bond acceptors (Lipinski definition) is 6. The molecule has 6 nitrogen and oxygen atoms in total. The van der Waals surface area contributed by atoms with E-state index in [9.17, 15) is 9.90 Å². The third-order valence-electron chi connectivity index (χ3n) is 5.32. The molecule has 0 bridgehead atoms. The molecule has 0 heterocycles. The summed E-state index contributed by atoms with van der Waals surface area (Å²) in [6, 6.07) is 0. The zero-order chi connectivity index (χ0) is 21.5. The summed E-state index contributed by atoms with van der Waals surface area (Å²) in [7, 11) is 0. The predicted octanol–water partition coefficient (Wildman–Crippen LogP) is 4.06. The highest BCUT2D eigenvalue weighted by Gasteiger charge is 2.54. The molecule has 0 radical (unpaired) electrons. The number of unbranched alkanes of at least 4 members (excludes halogenated alkanes) is 4. The van der Waals surface area contributed by atoms with E-state index in [-0.39, 0.29) is 18.8 Å². The number of hydrogen-bond donors (Lipinski definition) is 1. The van der Waals surface area contributed by atoms with Crippen molar-refractivity contribution >= 4 is 5.78 Å². The van der Waals surface area contributed by atoms with Crippen molar-refractivity contribution in [3.63, 3.8) is 0 Å². The molecule has 0 spiro atoms. The first-order valence-electron chi connectivity index (χ1n) is 11.7. The molecule has 1 aliphatic carbocycles. The Hall–Kier alpha value is -0.530. The molecule has 1 aliphatic rings. The molecule has 0 aliphatic heterocycles. The fourth-order valence-electron chi connectivity index (χ4n) is 3.46. The van der Waals surface area contributed by atoms with Crippen molar-refractivity contribution in [3.8, 4) is 0 Å². The molecule has 4 atom stereocenters. The maximum atomic E-state index is 12.9. The van der Waals surface area contributed by atoms with Gasteiger partial charge in [0, 0.05) is 32.8 Å². The second-order valence-corrected chi connectivity index (χ2v) is 8.13. The van der Waals surface area contributed by atoms with E-state index >= 15 is 0 Å². The van der Waals surface area contributed by atoms with Gasteiger partial charge < -0.3 is 24.1 Å². The number of carbonyl (C=O) groups excluding carboxylic acids is 1. The van der Waals surface area contributed by atoms with Crippen molar-refractivity contribution in [2.24, 2.45) is 0 Å². The lowest BCUT2D eigenvalue weighted by molar-refractivity contribution is -0.233. The normalized spacial score (nSPS) is 27.5. The first-order chi connectivity index (χ1) is 14.0. The molecule has 1 unspecified atom stereocenters. The fraction of sp³-hybridized carbons (Fsp3) is 0.957. The van der Waals surface area contributed by atoms with Crippen LogP contribution in [-0.4, -0.2) is 67.8 Å². The van der Waals surface area contributed by atoms with Crippen LogP contribution in [-0.2, 0) is 23.7 Å². The van der Waals surface area contributed by atoms with Gasteiger partial charge in [-0.3, -0.25) is 4.79 Å². The quantitative estimate of drug-likeness (QED) is 0.360. The van der Waals surface area contributed by atoms with Crippen LogP contribution in [0, 0.1) is 0 Å². The van der Waals surface area contributed by atoms with Crippen molar-refractivity contribution in [1.29, 1.82) is 0 Å². The first-order valence-corrected chi connectivity index (χ1v) is 11.7. The molecule has 1 rings (SSSR count). The second kappa shape index (κ2) is 15.3. The number of carbonyl (C=O) groups is 1. The number of ketones is 1. The summed E-state index contributed by atoms with van der Waals surface area (Å²) in [5.74, 6) is -0.125. The zero-order valence-electron chi connectivity index (χ0n) is 19.1. The van der Waals surface area contributed by atoms with Gasteiger partial charge in [0.2, 0.25) is 0 Å². The molecule has 0 aromatic rings. The zero-order valence-corrected chi connectivity index (χ0v) is 19.1. The maximum Gasteiger partial charge on any atom is 0.167 e. The molecule has 0 aromatic heterocycles. The van der Waals surface area contributed by atoms with Crippen molar-refractivity contribution < 1.29 is 28.8 Å². The van der Waals surface area contributed by atoms with E-state index in [0.29, 0.717) is 26.4 Å². The van der Waals surface area contributed by atoms with Crippen molar-refractivity contribution in [2.75, 3.05) is 33.0 Å². The van der Waals surface area contributed by atoms with Gasteiger partial charge >= 0.3 is 0 Å². The van der Waals surface area contributed by atoms with E-state index in [2.05, 4.69) is 27.7 Å². The molecular formula is C23H44O6. The Balaban J connectivity index is 3.00. The Morgan fingerprint density at radius 1 is 0.828 bits per heavy atom. The van der Waals surface area contributed by atoms with E-state index in [4.69, 9.17) is 18.9 Å². The summed E-state index contributed by atoms with van der Waals surface area (Å²) in [5, 5.41) is 11.4. The highest BCUT2D eigenvalue weighted by atomic mass is 16.6. The molecule has 0 saturated heterocycles. The molecule has 0 amide bonds. The Bertz CT molecular complexity index is 430. The van der Waals surface area contributed by atoms with E-state index in [0.717, 1.165) is 51.4 Å². The van der Waals surface area contributed by atoms with Crippen LogP contribution in [0.3, 0.4) is 0 Å². The minimum atomic E-state index is -1.39. The average molecular weight is 417 g/mol. The minimum absolute atomic E-state index is 0.0274. The largest absolute Gasteiger partial charge is 0.384 e. The van der Waals surface area contributed by atoms with Gasteiger partial charge in [0.15, 0.2) is 5.78 Å². The predicted molar refractivity (Wildman–Crippen MR) is 114 cm³/mol. The van der Waals surface area contributed by atoms with Crippen LogP contribution in [0.4, 0.5) is 0 Å². The summed E-state index contributed by atoms with van der Waals surface area (Å²) in [6.07, 6.45) is 5.61. The third kappa shape index (κ3) is 9.01. The van der Waals surface area contributed by atoms with Gasteiger partial charge in [0.1, 0.15) is 23.9 Å². The second-order valence-electron chi connectivity index (χ2n) is 8.13. The van der Waals surface area contributed by atoms with Crippen molar-refractivity contribution in [3.05, 3.63) is 0 Å². The molecule has 29 heavy (non-hydrogen) atoms. The van der Waals surface area contributed by atoms with E-state index in [1.54, 1.807) is 0 Å². The lowest BCUT2D eigenvalue weighted by Crippen LogP contribution is -2.65. The monoisotopic (exact) mass is 416 g/mol. The molecule has 172 valence electrons. The number of aliphatic hydroxyl groups is 1. The standard InChI is InChI=1S/C23H44O6/c1-5-9-13-26-18-23(25)17-19(24)20(27-14-10-6-2)21(28-15-11-7-3)22(23)29-16-12-8-4/h20-22,25H,5-18H2,1-4H3/t20-,21+,22-,23?/m0/s1. The number of rotatable bonds is 17. The van der Waals surface area contributed by atoms with Crippen LogP contribution < -0.4 is 0 Å². The summed E-state index contributed by atoms with van der Waals surface area (Å²) in [6.45, 7) is 10.5. The van der Waals surface area contributed by atoms with Gasteiger partial charge in [-0.1, -0.05) is 53.4 Å². The van der Waals surface area contributed by atoms with Crippen molar-refractivity contribution in [2.45, 2.75) is 109 Å². The molecule has 1 saturated carbocycles. The summed E-state index contributed by atoms with van der Waals surface area (Å²) in [4.78, 5) is 12.9. The van der Waals surface area contributed by atoms with Crippen LogP contribution in [0.25, 0.3) is 0 Å². The average Bonchev–Trinajstić information content (AvgIpc) is 2.70. The van der Waals surface area contributed by atoms with Gasteiger partial charge in [-0.2, -0.15) is 0 Å². The van der Waals surface area contributed by atoms with E-state index in [1.807, 2.05) is 0 Å². The molecule has 0 aromatic carbocycles. The SMILES string of the molecule is CCCCOCC1(O)CC(=O)[C@H](OCCCC)[C@@H](OCCCC)[C@@H]1OCCCC. The van der Waals surface area contributed by atoms with Crippen LogP contribution in [0.1, 0.15) is 85.5 Å². The van der Waals surface area contributed by atoms with Gasteiger partial charge in [0.25, 0.3) is 0 Å². The summed E-state index contributed by atoms with van der Waals surface area (Å²) in [5.41, 5.74) is -1.39. The molecular weight excluding hydrogens is 372 g/mol. The maximum absolute atomic E-state index is 12.9. The molecule has 1 N–H and O–H groups in total. The number of ether oxygens (including phenoxy) is 4. The highest BCUT2D eigenvalue weighted by Crippen LogP contribution is 2.34. The Labute approximate surface area is 177 Å². The van der Waals surface area contributed by atoms with Crippen LogP contribution >= 0.6 is 0 Å². The lowest BCUT2D eigenvalue weighted by Gasteiger charge is -2.46. The highest BCUT2D eigenvalue weighted by molar-refractivity contribution is 5.86. The van der Waals surface area contributed by atoms with Gasteiger partial charge in [0.05, 0.1) is 6.61 Å². The van der Waals surface area contributed by atoms with E-state index < -0.39 is 23.9 Å². The molecule has 6 heteroatoms. The van der Waals surface area contributed by atoms with Crippen LogP contribution in [0.2, 0.25) is 0 Å². The van der Waals surface area contributed by atoms with Gasteiger partial charge in [-0.15, -0.1) is 0 Å². The first kappa shape index (κ1) is 26.5. The number of Topliss-reactive ketones (excluding diaryl/α,β-unsaturated/α-hetero) is 1. The third-order valence-corrected chi connectivity index (χ3v) is 5.32. The summed E-state index contributed by atoms with van der Waals surface area (Å²) >= 11 is 0. The topological polar surface area (TPSA) is 74.2 Å². The van der Waals surface area contributed by atoms with E-state index in [1.165, 1.54) is 0 Å². The van der Waals surface area contributed by atoms with Crippen molar-refractivity contribution in [1.82, 2.24) is 0 Å². The minimum Gasteiger partial charge on any atom is -0.384 e. The lowest BCUT2D eigenvalue weighted by atomic mass is 9.78. The Morgan fingerprint density at radius 2 is 1.34 bits per heavy atom. The van der Waals surface area contributed by atoms with Crippen LogP contribution in [0.15, 0.2) is 0 Å². The van der Waals surface area contributed by atoms with Gasteiger partial charge in [-0.05, 0) is 25.7 Å². The van der Waals surface area contributed by atoms with Crippen LogP contribution in [0.5, 0.6) is 0 Å². The Kier molecular flexibility index (Phi) is 14.0. The Morgan fingerprint density at radius 3 is 1.93 bits per heavy atom. The van der Waals surface area contributed by atoms with Gasteiger partial charge in [-0.25, -0.2) is 0 Å². The fourth-order valence-corrected chi connectivity index (χ4v) is 3.46. The smallest absolute Gasteiger partial charge is 0.167 e. The summed E-state index contributed by atoms with van der Waals surface area (Å²) < 4.78 is 23.9. The molecule has 1 fully saturated rings.